The third-order valence-electron chi connectivity index (χ3n) is 1.65. The van der Waals surface area contributed by atoms with E-state index >= 15 is 0 Å². The van der Waals surface area contributed by atoms with Gasteiger partial charge in [-0.1, -0.05) is 18.2 Å². The van der Waals surface area contributed by atoms with Crippen LogP contribution in [0.1, 0.15) is 0 Å². The zero-order chi connectivity index (χ0) is 9.10. The van der Waals surface area contributed by atoms with Crippen molar-refractivity contribution in [3.8, 4) is 5.75 Å². The molecule has 4 heteroatoms. The Hall–Kier alpha value is -1.84. The van der Waals surface area contributed by atoms with Crippen LogP contribution in [-0.2, 0) is 4.79 Å². The van der Waals surface area contributed by atoms with E-state index in [4.69, 9.17) is 4.74 Å². The number of nitrogens with one attached hydrogen (secondary N) is 1. The first-order valence-corrected chi connectivity index (χ1v) is 3.91. The van der Waals surface area contributed by atoms with Crippen LogP contribution in [-0.4, -0.2) is 18.2 Å². The molecule has 2 rings (SSSR count). The molecule has 1 heterocycles. The van der Waals surface area contributed by atoms with Gasteiger partial charge in [0, 0.05) is 0 Å². The van der Waals surface area contributed by atoms with Crippen LogP contribution in [0.4, 0.5) is 0 Å². The molecule has 0 spiro atoms. The highest BCUT2D eigenvalue weighted by Crippen LogP contribution is 2.11. The van der Waals surface area contributed by atoms with Crippen molar-refractivity contribution >= 4 is 12.1 Å². The number of hydrogen-bond donors (Lipinski definition) is 1. The molecule has 1 unspecified atom stereocenters. The summed E-state index contributed by atoms with van der Waals surface area (Å²) in [5.74, 6) is 0.430. The summed E-state index contributed by atoms with van der Waals surface area (Å²) in [5, 5.41) is 3.59. The molecule has 1 amide bonds. The van der Waals surface area contributed by atoms with Gasteiger partial charge < -0.3 is 4.74 Å². The van der Waals surface area contributed by atoms with Crippen molar-refractivity contribution in [3.63, 3.8) is 0 Å². The second kappa shape index (κ2) is 3.26. The Labute approximate surface area is 75.2 Å². The van der Waals surface area contributed by atoms with Crippen molar-refractivity contribution in [1.82, 2.24) is 5.43 Å². The van der Waals surface area contributed by atoms with E-state index in [1.165, 1.54) is 6.21 Å². The van der Waals surface area contributed by atoms with Crippen LogP contribution in [0, 0.1) is 0 Å². The Morgan fingerprint density at radius 1 is 1.31 bits per heavy atom. The molecule has 1 aromatic rings. The molecule has 1 aliphatic rings. The quantitative estimate of drug-likeness (QED) is 0.715. The zero-order valence-electron chi connectivity index (χ0n) is 6.81. The molecule has 0 saturated carbocycles. The summed E-state index contributed by atoms with van der Waals surface area (Å²) in [7, 11) is 0. The molecule has 0 saturated heterocycles. The van der Waals surface area contributed by atoms with E-state index < -0.39 is 6.10 Å². The van der Waals surface area contributed by atoms with Crippen LogP contribution >= 0.6 is 0 Å². The Morgan fingerprint density at radius 3 is 2.69 bits per heavy atom. The summed E-state index contributed by atoms with van der Waals surface area (Å²) in [4.78, 5) is 11.0. The van der Waals surface area contributed by atoms with E-state index in [2.05, 4.69) is 10.5 Å². The average Bonchev–Trinajstić information content (AvgIpc) is 2.54. The fraction of sp³-hybridized carbons (Fsp3) is 0.111. The molecule has 13 heavy (non-hydrogen) atoms. The fourth-order valence-electron chi connectivity index (χ4n) is 1.03. The van der Waals surface area contributed by atoms with Gasteiger partial charge in [0.2, 0.25) is 6.10 Å². The van der Waals surface area contributed by atoms with E-state index in [1.807, 2.05) is 18.2 Å². The number of carbonyl (C=O) groups is 1. The number of benzene rings is 1. The molecule has 0 bridgehead atoms. The first-order valence-electron chi connectivity index (χ1n) is 3.91. The Balaban J connectivity index is 2.06. The van der Waals surface area contributed by atoms with E-state index in [0.717, 1.165) is 0 Å². The first kappa shape index (κ1) is 7.79. The van der Waals surface area contributed by atoms with Crippen molar-refractivity contribution in [3.05, 3.63) is 30.3 Å². The van der Waals surface area contributed by atoms with Gasteiger partial charge in [-0.15, -0.1) is 0 Å². The monoisotopic (exact) mass is 176 g/mol. The van der Waals surface area contributed by atoms with Gasteiger partial charge in [-0.2, -0.15) is 5.10 Å². The van der Waals surface area contributed by atoms with Crippen molar-refractivity contribution in [2.75, 3.05) is 0 Å². The number of hydrazone groups is 1. The summed E-state index contributed by atoms with van der Waals surface area (Å²) in [5.41, 5.74) is 2.30. The number of para-hydroxylation sites is 1. The van der Waals surface area contributed by atoms with Gasteiger partial charge in [0.05, 0.1) is 6.21 Å². The summed E-state index contributed by atoms with van der Waals surface area (Å²) < 4.78 is 5.33. The maximum atomic E-state index is 11.0. The molecule has 0 aromatic heterocycles. The zero-order valence-corrected chi connectivity index (χ0v) is 6.81. The Kier molecular flexibility index (Phi) is 1.96. The van der Waals surface area contributed by atoms with Gasteiger partial charge >= 0.3 is 0 Å². The van der Waals surface area contributed by atoms with E-state index in [9.17, 15) is 4.79 Å². The van der Waals surface area contributed by atoms with Gasteiger partial charge in [-0.05, 0) is 12.1 Å². The highest BCUT2D eigenvalue weighted by atomic mass is 16.5. The number of amides is 1. The second-order valence-corrected chi connectivity index (χ2v) is 2.61. The maximum absolute atomic E-state index is 11.0. The normalized spacial score (nSPS) is 20.0. The second-order valence-electron chi connectivity index (χ2n) is 2.61. The molecule has 0 aliphatic carbocycles. The lowest BCUT2D eigenvalue weighted by atomic mass is 10.3. The lowest BCUT2D eigenvalue weighted by Gasteiger charge is -2.07. The lowest BCUT2D eigenvalue weighted by Crippen LogP contribution is -2.30. The van der Waals surface area contributed by atoms with Crippen LogP contribution in [0.5, 0.6) is 5.75 Å². The lowest BCUT2D eigenvalue weighted by molar-refractivity contribution is -0.124. The number of ether oxygens (including phenoxy) is 1. The molecule has 0 radical (unpaired) electrons. The third kappa shape index (κ3) is 1.66. The number of rotatable bonds is 2. The minimum absolute atomic E-state index is 0.233. The van der Waals surface area contributed by atoms with E-state index in [-0.39, 0.29) is 5.91 Å². The van der Waals surface area contributed by atoms with Gasteiger partial charge in [-0.3, -0.25) is 4.79 Å². The molecular formula is C9H8N2O2. The van der Waals surface area contributed by atoms with Crippen molar-refractivity contribution in [1.29, 1.82) is 0 Å². The van der Waals surface area contributed by atoms with Crippen LogP contribution in [0.2, 0.25) is 0 Å². The molecular weight excluding hydrogens is 168 g/mol. The Morgan fingerprint density at radius 2 is 2.08 bits per heavy atom. The van der Waals surface area contributed by atoms with E-state index in [1.54, 1.807) is 12.1 Å². The minimum Gasteiger partial charge on any atom is -0.475 e. The number of hydrogen-bond acceptors (Lipinski definition) is 3. The van der Waals surface area contributed by atoms with Gasteiger partial charge in [-0.25, -0.2) is 5.43 Å². The molecule has 1 N–H and O–H groups in total. The Bertz CT molecular complexity index is 335. The average molecular weight is 176 g/mol. The summed E-state index contributed by atoms with van der Waals surface area (Å²) in [6, 6.07) is 9.16. The SMILES string of the molecule is O=C1NN=CC1Oc1ccccc1. The largest absolute Gasteiger partial charge is 0.475 e. The highest BCUT2D eigenvalue weighted by Gasteiger charge is 2.22. The van der Waals surface area contributed by atoms with Crippen molar-refractivity contribution in [2.45, 2.75) is 6.10 Å². The third-order valence-corrected chi connectivity index (χ3v) is 1.65. The smallest absolute Gasteiger partial charge is 0.286 e. The molecule has 1 aromatic carbocycles. The molecule has 1 atom stereocenters. The van der Waals surface area contributed by atoms with Crippen LogP contribution < -0.4 is 10.2 Å². The first-order chi connectivity index (χ1) is 6.36. The minimum atomic E-state index is -0.595. The van der Waals surface area contributed by atoms with Gasteiger partial charge in [0.1, 0.15) is 5.75 Å². The number of nitrogens with zero attached hydrogens (tertiary/aromatic N) is 1. The topological polar surface area (TPSA) is 50.7 Å². The number of carbonyl (C=O) groups excluding carboxylic acids is 1. The van der Waals surface area contributed by atoms with Crippen LogP contribution in [0.25, 0.3) is 0 Å². The van der Waals surface area contributed by atoms with Crippen molar-refractivity contribution < 1.29 is 9.53 Å². The summed E-state index contributed by atoms with van der Waals surface area (Å²) >= 11 is 0. The summed E-state index contributed by atoms with van der Waals surface area (Å²) in [6.45, 7) is 0. The molecule has 0 fully saturated rings. The molecule has 66 valence electrons. The molecule has 1 aliphatic heterocycles. The van der Waals surface area contributed by atoms with Crippen molar-refractivity contribution in [2.24, 2.45) is 5.10 Å². The predicted octanol–water partition coefficient (Wildman–Crippen LogP) is 0.550. The standard InChI is InChI=1S/C9H8N2O2/c12-9-8(6-10-11-9)13-7-4-2-1-3-5-7/h1-6,8H,(H,11,12). The molecule has 4 nitrogen and oxygen atoms in total. The fourth-order valence-corrected chi connectivity index (χ4v) is 1.03. The highest BCUT2D eigenvalue weighted by molar-refractivity contribution is 6.00. The van der Waals surface area contributed by atoms with Gasteiger partial charge in [0.25, 0.3) is 5.91 Å². The predicted molar refractivity (Wildman–Crippen MR) is 47.5 cm³/mol. The van der Waals surface area contributed by atoms with Crippen LogP contribution in [0.3, 0.4) is 0 Å². The van der Waals surface area contributed by atoms with Gasteiger partial charge in [0.15, 0.2) is 0 Å². The maximum Gasteiger partial charge on any atom is 0.286 e. The van der Waals surface area contributed by atoms with E-state index in [0.29, 0.717) is 5.75 Å². The van der Waals surface area contributed by atoms with Crippen LogP contribution in [0.15, 0.2) is 35.4 Å². The summed E-state index contributed by atoms with van der Waals surface area (Å²) in [6.07, 6.45) is 0.845.